The highest BCUT2D eigenvalue weighted by atomic mass is 16.3. The Bertz CT molecular complexity index is 857. The van der Waals surface area contributed by atoms with E-state index in [1.807, 2.05) is 43.3 Å². The second-order valence-electron chi connectivity index (χ2n) is 6.52. The minimum absolute atomic E-state index is 0.0130. The Balaban J connectivity index is 1.75. The largest absolute Gasteiger partial charge is 0.467 e. The Hall–Kier alpha value is -3.28. The summed E-state index contributed by atoms with van der Waals surface area (Å²) in [6.07, 6.45) is 3.79. The van der Waals surface area contributed by atoms with E-state index in [4.69, 9.17) is 8.83 Å². The van der Waals surface area contributed by atoms with Gasteiger partial charge >= 0.3 is 0 Å². The van der Waals surface area contributed by atoms with Crippen molar-refractivity contribution in [2.24, 2.45) is 0 Å². The van der Waals surface area contributed by atoms with Crippen LogP contribution in [0.3, 0.4) is 0 Å². The molecule has 1 aromatic carbocycles. The summed E-state index contributed by atoms with van der Waals surface area (Å²) in [4.78, 5) is 29.0. The highest BCUT2D eigenvalue weighted by molar-refractivity contribution is 5.94. The molecule has 2 aromatic heterocycles. The Morgan fingerprint density at radius 1 is 0.857 bits per heavy atom. The van der Waals surface area contributed by atoms with Gasteiger partial charge in [0.1, 0.15) is 12.3 Å². The van der Waals surface area contributed by atoms with Crippen LogP contribution >= 0.6 is 0 Å². The lowest BCUT2D eigenvalue weighted by molar-refractivity contribution is -0.133. The van der Waals surface area contributed by atoms with E-state index in [0.29, 0.717) is 25.4 Å². The Morgan fingerprint density at radius 2 is 1.61 bits per heavy atom. The number of benzene rings is 1. The maximum atomic E-state index is 13.1. The van der Waals surface area contributed by atoms with Crippen molar-refractivity contribution >= 4 is 11.8 Å². The van der Waals surface area contributed by atoms with Gasteiger partial charge in [-0.1, -0.05) is 37.3 Å². The van der Waals surface area contributed by atoms with Gasteiger partial charge in [0.25, 0.3) is 5.91 Å². The lowest BCUT2D eigenvalue weighted by atomic mass is 10.2. The highest BCUT2D eigenvalue weighted by Gasteiger charge is 2.24. The molecule has 0 saturated carbocycles. The first-order chi connectivity index (χ1) is 13.7. The molecular formula is C22H24N2O4. The van der Waals surface area contributed by atoms with Crippen molar-refractivity contribution in [3.63, 3.8) is 0 Å². The first-order valence-corrected chi connectivity index (χ1v) is 9.34. The molecule has 0 aliphatic heterocycles. The first-order valence-electron chi connectivity index (χ1n) is 9.34. The van der Waals surface area contributed by atoms with Crippen LogP contribution in [0, 0.1) is 0 Å². The summed E-state index contributed by atoms with van der Waals surface area (Å²) in [7, 11) is 0. The zero-order chi connectivity index (χ0) is 19.8. The van der Waals surface area contributed by atoms with Crippen molar-refractivity contribution in [2.45, 2.75) is 26.4 Å². The van der Waals surface area contributed by atoms with Gasteiger partial charge in [-0.15, -0.1) is 0 Å². The van der Waals surface area contributed by atoms with Gasteiger partial charge in [0.15, 0.2) is 5.76 Å². The van der Waals surface area contributed by atoms with Crippen molar-refractivity contribution in [2.75, 3.05) is 13.1 Å². The van der Waals surface area contributed by atoms with E-state index in [0.717, 1.165) is 12.0 Å². The third kappa shape index (κ3) is 5.13. The predicted octanol–water partition coefficient (Wildman–Crippen LogP) is 3.95. The zero-order valence-electron chi connectivity index (χ0n) is 15.9. The molecular weight excluding hydrogens is 356 g/mol. The fourth-order valence-corrected chi connectivity index (χ4v) is 2.97. The molecule has 0 spiro atoms. The second-order valence-corrected chi connectivity index (χ2v) is 6.52. The first kappa shape index (κ1) is 19.5. The van der Waals surface area contributed by atoms with Crippen LogP contribution in [-0.2, 0) is 17.9 Å². The summed E-state index contributed by atoms with van der Waals surface area (Å²) < 4.78 is 10.6. The summed E-state index contributed by atoms with van der Waals surface area (Å²) in [5, 5.41) is 0. The van der Waals surface area contributed by atoms with Gasteiger partial charge in [0.05, 0.1) is 19.1 Å². The van der Waals surface area contributed by atoms with E-state index in [1.54, 1.807) is 29.4 Å². The lowest BCUT2D eigenvalue weighted by Gasteiger charge is -2.26. The molecule has 146 valence electrons. The van der Waals surface area contributed by atoms with E-state index < -0.39 is 0 Å². The van der Waals surface area contributed by atoms with Crippen LogP contribution < -0.4 is 0 Å². The van der Waals surface area contributed by atoms with E-state index in [1.165, 1.54) is 11.2 Å². The van der Waals surface area contributed by atoms with Gasteiger partial charge in [-0.05, 0) is 36.2 Å². The fourth-order valence-electron chi connectivity index (χ4n) is 2.97. The van der Waals surface area contributed by atoms with Gasteiger partial charge in [-0.25, -0.2) is 0 Å². The van der Waals surface area contributed by atoms with Crippen molar-refractivity contribution in [1.82, 2.24) is 9.80 Å². The number of nitrogens with zero attached hydrogens (tertiary/aromatic N) is 2. The zero-order valence-corrected chi connectivity index (χ0v) is 15.9. The maximum Gasteiger partial charge on any atom is 0.290 e. The van der Waals surface area contributed by atoms with Crippen molar-refractivity contribution in [3.05, 3.63) is 84.2 Å². The summed E-state index contributed by atoms with van der Waals surface area (Å²) in [6.45, 7) is 3.22. The monoisotopic (exact) mass is 380 g/mol. The number of amides is 2. The molecule has 6 heteroatoms. The molecule has 0 fully saturated rings. The number of hydrogen-bond donors (Lipinski definition) is 0. The maximum absolute atomic E-state index is 13.1. The molecule has 0 radical (unpaired) electrons. The molecule has 3 aromatic rings. The highest BCUT2D eigenvalue weighted by Crippen LogP contribution is 2.13. The van der Waals surface area contributed by atoms with E-state index >= 15 is 0 Å². The number of rotatable bonds is 9. The van der Waals surface area contributed by atoms with Gasteiger partial charge in [0, 0.05) is 13.1 Å². The molecule has 0 aliphatic carbocycles. The topological polar surface area (TPSA) is 66.9 Å². The third-order valence-electron chi connectivity index (χ3n) is 4.33. The fraction of sp³-hybridized carbons (Fsp3) is 0.273. The van der Waals surface area contributed by atoms with Crippen LogP contribution in [0.2, 0.25) is 0 Å². The Labute approximate surface area is 164 Å². The second kappa shape index (κ2) is 9.60. The number of furan rings is 2. The van der Waals surface area contributed by atoms with Gasteiger partial charge in [0.2, 0.25) is 5.91 Å². The predicted molar refractivity (Wildman–Crippen MR) is 104 cm³/mol. The van der Waals surface area contributed by atoms with Crippen LogP contribution in [0.15, 0.2) is 76.0 Å². The molecule has 2 heterocycles. The molecule has 6 nitrogen and oxygen atoms in total. The molecule has 0 N–H and O–H groups in total. The number of carbonyl (C=O) groups is 2. The van der Waals surface area contributed by atoms with Gasteiger partial charge in [-0.2, -0.15) is 0 Å². The van der Waals surface area contributed by atoms with E-state index in [-0.39, 0.29) is 24.1 Å². The van der Waals surface area contributed by atoms with Crippen LogP contribution in [0.4, 0.5) is 0 Å². The summed E-state index contributed by atoms with van der Waals surface area (Å²) in [5.74, 6) is 0.511. The average Bonchev–Trinajstić information content (AvgIpc) is 3.41. The van der Waals surface area contributed by atoms with Crippen LogP contribution in [0.5, 0.6) is 0 Å². The van der Waals surface area contributed by atoms with E-state index in [9.17, 15) is 9.59 Å². The number of hydrogen-bond acceptors (Lipinski definition) is 4. The lowest BCUT2D eigenvalue weighted by Crippen LogP contribution is -2.42. The van der Waals surface area contributed by atoms with Crippen LogP contribution in [-0.4, -0.2) is 34.7 Å². The Morgan fingerprint density at radius 3 is 2.25 bits per heavy atom. The molecule has 0 aliphatic rings. The quantitative estimate of drug-likeness (QED) is 0.564. The summed E-state index contributed by atoms with van der Waals surface area (Å²) >= 11 is 0. The Kier molecular flexibility index (Phi) is 6.68. The summed E-state index contributed by atoms with van der Waals surface area (Å²) in [6, 6.07) is 16.7. The number of carbonyl (C=O) groups excluding carboxylic acids is 2. The van der Waals surface area contributed by atoms with Crippen molar-refractivity contribution in [1.29, 1.82) is 0 Å². The van der Waals surface area contributed by atoms with Gasteiger partial charge in [-0.3, -0.25) is 9.59 Å². The van der Waals surface area contributed by atoms with Gasteiger partial charge < -0.3 is 18.6 Å². The minimum atomic E-state index is -0.280. The molecule has 0 saturated heterocycles. The van der Waals surface area contributed by atoms with Crippen molar-refractivity contribution in [3.8, 4) is 0 Å². The smallest absolute Gasteiger partial charge is 0.290 e. The molecule has 0 bridgehead atoms. The SMILES string of the molecule is CCCN(CC(=O)N(Cc1ccccc1)Cc1ccco1)C(=O)c1ccco1. The normalized spacial score (nSPS) is 10.6. The molecule has 3 rings (SSSR count). The average molecular weight is 380 g/mol. The standard InChI is InChI=1S/C22H24N2O4/c1-2-12-23(22(26)20-11-7-14-28-20)17-21(25)24(16-19-10-6-13-27-19)15-18-8-4-3-5-9-18/h3-11,13-14H,2,12,15-17H2,1H3. The third-order valence-corrected chi connectivity index (χ3v) is 4.33. The molecule has 0 unspecified atom stereocenters. The molecule has 2 amide bonds. The minimum Gasteiger partial charge on any atom is -0.467 e. The summed E-state index contributed by atoms with van der Waals surface area (Å²) in [5.41, 5.74) is 1.02. The molecule has 28 heavy (non-hydrogen) atoms. The van der Waals surface area contributed by atoms with Crippen LogP contribution in [0.1, 0.15) is 35.2 Å². The van der Waals surface area contributed by atoms with Crippen molar-refractivity contribution < 1.29 is 18.4 Å². The molecule has 0 atom stereocenters. The van der Waals surface area contributed by atoms with E-state index in [2.05, 4.69) is 0 Å². The van der Waals surface area contributed by atoms with Crippen LogP contribution in [0.25, 0.3) is 0 Å².